The first-order valence-corrected chi connectivity index (χ1v) is 16.3. The lowest BCUT2D eigenvalue weighted by atomic mass is 9.87. The van der Waals surface area contributed by atoms with Crippen molar-refractivity contribution < 1.29 is 19.0 Å². The third kappa shape index (κ3) is 9.85. The van der Waals surface area contributed by atoms with Crippen molar-refractivity contribution in [1.82, 2.24) is 19.6 Å². The molecule has 2 aromatic carbocycles. The molecule has 2 fully saturated rings. The number of hydrogen-bond donors (Lipinski definition) is 1. The molecule has 47 heavy (non-hydrogen) atoms. The monoisotopic (exact) mass is 712 g/mol. The number of piperidine rings is 1. The Morgan fingerprint density at radius 2 is 1.77 bits per heavy atom. The molecule has 1 N–H and O–H groups in total. The van der Waals surface area contributed by atoms with Crippen molar-refractivity contribution in [2.24, 2.45) is 11.8 Å². The number of likely N-dealkylation sites (tertiary alicyclic amines) is 1. The van der Waals surface area contributed by atoms with Gasteiger partial charge in [-0.25, -0.2) is 4.39 Å². The number of aryl methyl sites for hydroxylation is 1. The minimum Gasteiger partial charge on any atom is -0.497 e. The van der Waals surface area contributed by atoms with E-state index in [-0.39, 0.29) is 60.9 Å². The molecule has 0 amide bonds. The van der Waals surface area contributed by atoms with Crippen LogP contribution in [0.25, 0.3) is 0 Å². The van der Waals surface area contributed by atoms with Gasteiger partial charge < -0.3 is 14.7 Å². The number of carboxylic acid groups (broad SMARTS) is 1. The zero-order chi connectivity index (χ0) is 31.4. The van der Waals surface area contributed by atoms with Crippen LogP contribution in [0.15, 0.2) is 54.6 Å². The molecule has 3 unspecified atom stereocenters. The highest BCUT2D eigenvalue weighted by Gasteiger charge is 2.42. The van der Waals surface area contributed by atoms with Gasteiger partial charge in [-0.15, -0.1) is 37.2 Å². The van der Waals surface area contributed by atoms with Gasteiger partial charge in [-0.1, -0.05) is 38.1 Å². The fourth-order valence-corrected chi connectivity index (χ4v) is 7.82. The number of rotatable bonds is 12. The van der Waals surface area contributed by atoms with E-state index in [1.165, 1.54) is 17.3 Å². The van der Waals surface area contributed by atoms with Gasteiger partial charge in [-0.3, -0.25) is 14.4 Å². The summed E-state index contributed by atoms with van der Waals surface area (Å²) >= 11 is 0. The van der Waals surface area contributed by atoms with Crippen LogP contribution in [0.5, 0.6) is 5.75 Å². The predicted molar refractivity (Wildman–Crippen MR) is 194 cm³/mol. The number of carboxylic acids is 1. The number of methoxy groups -OCH3 is 1. The van der Waals surface area contributed by atoms with Crippen molar-refractivity contribution in [2.45, 2.75) is 83.3 Å². The SMILES string of the molecule is CCn1nc(Cc2cccc(OC)c2)cc1C1CCN(CC2CC(N(C)[C@@H](C(=O)O)C(C)C)CC2c2cccc(F)c2)CC1.Cl.Cl.Cl. The summed E-state index contributed by atoms with van der Waals surface area (Å²) in [5.41, 5.74) is 4.66. The predicted octanol–water partition coefficient (Wildman–Crippen LogP) is 7.69. The normalized spacial score (nSPS) is 20.7. The summed E-state index contributed by atoms with van der Waals surface area (Å²) in [7, 11) is 3.65. The Kier molecular flexibility index (Phi) is 16.0. The van der Waals surface area contributed by atoms with Crippen LogP contribution in [0.1, 0.15) is 80.8 Å². The second-order valence-electron chi connectivity index (χ2n) is 13.2. The highest BCUT2D eigenvalue weighted by Crippen LogP contribution is 2.43. The van der Waals surface area contributed by atoms with Crippen LogP contribution in [0.3, 0.4) is 0 Å². The summed E-state index contributed by atoms with van der Waals surface area (Å²) in [4.78, 5) is 16.8. The molecule has 5 rings (SSSR count). The molecule has 0 bridgehead atoms. The number of halogens is 4. The summed E-state index contributed by atoms with van der Waals surface area (Å²) in [6, 6.07) is 17.2. The smallest absolute Gasteiger partial charge is 0.321 e. The molecule has 1 aliphatic heterocycles. The fraction of sp³-hybridized carbons (Fsp3) is 0.556. The van der Waals surface area contributed by atoms with Crippen LogP contribution in [0.2, 0.25) is 0 Å². The number of likely N-dealkylation sites (N-methyl/N-ethyl adjacent to an activating group) is 1. The Morgan fingerprint density at radius 1 is 1.06 bits per heavy atom. The van der Waals surface area contributed by atoms with Crippen molar-refractivity contribution in [2.75, 3.05) is 33.8 Å². The molecule has 0 spiro atoms. The highest BCUT2D eigenvalue weighted by molar-refractivity contribution is 5.86. The first-order chi connectivity index (χ1) is 21.2. The molecular weight excluding hydrogens is 662 g/mol. The van der Waals surface area contributed by atoms with Crippen LogP contribution in [-0.4, -0.2) is 76.5 Å². The summed E-state index contributed by atoms with van der Waals surface area (Å²) in [5, 5.41) is 14.9. The molecule has 1 aliphatic carbocycles. The maximum Gasteiger partial charge on any atom is 0.321 e. The van der Waals surface area contributed by atoms with Crippen molar-refractivity contribution in [1.29, 1.82) is 0 Å². The summed E-state index contributed by atoms with van der Waals surface area (Å²) in [5.74, 6) is 0.927. The largest absolute Gasteiger partial charge is 0.497 e. The van der Waals surface area contributed by atoms with E-state index in [9.17, 15) is 14.3 Å². The Morgan fingerprint density at radius 3 is 2.38 bits per heavy atom. The number of aliphatic carboxylic acids is 1. The van der Waals surface area contributed by atoms with Crippen molar-refractivity contribution in [3.05, 3.63) is 82.9 Å². The highest BCUT2D eigenvalue weighted by atomic mass is 35.5. The Bertz CT molecular complexity index is 1420. The molecule has 1 saturated heterocycles. The maximum atomic E-state index is 14.3. The van der Waals surface area contributed by atoms with Gasteiger partial charge in [0.1, 0.15) is 17.6 Å². The third-order valence-electron chi connectivity index (χ3n) is 10.0. The standard InChI is InChI=1S/C36H49FN4O3.3ClH/c1-6-41-34(21-30(38-41)17-25-9-7-12-32(18-25)44-5)26-13-15-40(16-14-26)23-28-20-31(39(4)35(24(2)3)36(42)43)22-33(28)27-10-8-11-29(37)19-27;;;/h7-12,18-19,21,24,26,28,31,33,35H,6,13-17,20,22-23H2,1-5H3,(H,42,43);3*1H/t28?,31?,33?,35-;;;/m1.../s1. The van der Waals surface area contributed by atoms with E-state index < -0.39 is 12.0 Å². The molecular formula is C36H52Cl3FN4O3. The topological polar surface area (TPSA) is 70.8 Å². The molecule has 0 radical (unpaired) electrons. The minimum absolute atomic E-state index is 0. The maximum absolute atomic E-state index is 14.3. The van der Waals surface area contributed by atoms with E-state index in [0.717, 1.165) is 75.3 Å². The Balaban J connectivity index is 0.00000256. The zero-order valence-corrected chi connectivity index (χ0v) is 30.6. The first-order valence-electron chi connectivity index (χ1n) is 16.3. The van der Waals surface area contributed by atoms with Gasteiger partial charge in [0.05, 0.1) is 12.8 Å². The van der Waals surface area contributed by atoms with Gasteiger partial charge in [0.2, 0.25) is 0 Å². The van der Waals surface area contributed by atoms with Gasteiger partial charge in [0.25, 0.3) is 0 Å². The van der Waals surface area contributed by atoms with Gasteiger partial charge >= 0.3 is 5.97 Å². The van der Waals surface area contributed by atoms with Gasteiger partial charge in [-0.2, -0.15) is 5.10 Å². The summed E-state index contributed by atoms with van der Waals surface area (Å²) < 4.78 is 21.9. The minimum atomic E-state index is -0.770. The van der Waals surface area contributed by atoms with Gasteiger partial charge in [0.15, 0.2) is 0 Å². The van der Waals surface area contributed by atoms with Crippen LogP contribution < -0.4 is 4.74 Å². The van der Waals surface area contributed by atoms with E-state index in [1.807, 2.05) is 39.1 Å². The second-order valence-corrected chi connectivity index (χ2v) is 13.2. The van der Waals surface area contributed by atoms with Crippen LogP contribution in [0.4, 0.5) is 4.39 Å². The Hall–Kier alpha value is -2.36. The average molecular weight is 714 g/mol. The summed E-state index contributed by atoms with van der Waals surface area (Å²) in [6.45, 7) is 9.95. The Labute approximate surface area is 298 Å². The van der Waals surface area contributed by atoms with Gasteiger partial charge in [0, 0.05) is 37.2 Å². The molecule has 3 aromatic rings. The number of benzene rings is 2. The van der Waals surface area contributed by atoms with E-state index >= 15 is 0 Å². The molecule has 262 valence electrons. The van der Waals surface area contributed by atoms with E-state index in [0.29, 0.717) is 11.8 Å². The van der Waals surface area contributed by atoms with Crippen LogP contribution in [0, 0.1) is 17.7 Å². The molecule has 2 heterocycles. The number of aromatic nitrogens is 2. The van der Waals surface area contributed by atoms with E-state index in [1.54, 1.807) is 19.2 Å². The molecule has 4 atom stereocenters. The number of ether oxygens (including phenoxy) is 1. The lowest BCUT2D eigenvalue weighted by molar-refractivity contribution is -0.145. The molecule has 11 heteroatoms. The van der Waals surface area contributed by atoms with Crippen molar-refractivity contribution in [3.8, 4) is 5.75 Å². The van der Waals surface area contributed by atoms with Gasteiger partial charge in [-0.05, 0) is 112 Å². The second kappa shape index (κ2) is 18.4. The number of nitrogens with zero attached hydrogens (tertiary/aromatic N) is 4. The molecule has 1 aromatic heterocycles. The van der Waals surface area contributed by atoms with Crippen molar-refractivity contribution >= 4 is 43.2 Å². The molecule has 7 nitrogen and oxygen atoms in total. The van der Waals surface area contributed by atoms with Crippen LogP contribution in [-0.2, 0) is 17.8 Å². The lowest BCUT2D eigenvalue weighted by Gasteiger charge is -2.35. The quantitative estimate of drug-likeness (QED) is 0.208. The fourth-order valence-electron chi connectivity index (χ4n) is 7.82. The number of carbonyl (C=O) groups is 1. The van der Waals surface area contributed by atoms with E-state index in [4.69, 9.17) is 9.84 Å². The first kappa shape index (κ1) is 40.8. The summed E-state index contributed by atoms with van der Waals surface area (Å²) in [6.07, 6.45) is 4.72. The van der Waals surface area contributed by atoms with E-state index in [2.05, 4.69) is 39.6 Å². The lowest BCUT2D eigenvalue weighted by Crippen LogP contribution is -2.47. The van der Waals surface area contributed by atoms with Crippen LogP contribution >= 0.6 is 37.2 Å². The molecule has 2 aliphatic rings. The number of hydrogen-bond acceptors (Lipinski definition) is 5. The van der Waals surface area contributed by atoms with Crippen molar-refractivity contribution in [3.63, 3.8) is 0 Å². The average Bonchev–Trinajstić information content (AvgIpc) is 3.61. The zero-order valence-electron chi connectivity index (χ0n) is 28.2. The molecule has 1 saturated carbocycles. The third-order valence-corrected chi connectivity index (χ3v) is 10.0.